The molecule has 6 nitrogen and oxygen atoms in total. The van der Waals surface area contributed by atoms with Gasteiger partial charge in [-0.3, -0.25) is 9.59 Å². The molecule has 0 spiro atoms. The molecule has 1 aromatic heterocycles. The van der Waals surface area contributed by atoms with Crippen molar-refractivity contribution in [2.45, 2.75) is 26.2 Å². The van der Waals surface area contributed by atoms with Gasteiger partial charge in [0.1, 0.15) is 0 Å². The number of aromatic nitrogens is 1. The number of ether oxygens (including phenoxy) is 1. The number of benzene rings is 2. The standard InChI is InChI=1S/C25H27Cl2N3O3/c1-14-10-16(28)11-22-19(14)12-17(29(22)2)13-20-21(26)5-4-18(23(20)27)24(31)30-8-6-15(7-9-30)25(32)33-3/h4-5,10-12,15H,6-9,13,28H2,1-3H3. The quantitative estimate of drug-likeness (QED) is 0.415. The fourth-order valence-corrected chi connectivity index (χ4v) is 5.21. The second-order valence-corrected chi connectivity index (χ2v) is 9.40. The predicted molar refractivity (Wildman–Crippen MR) is 132 cm³/mol. The van der Waals surface area contributed by atoms with Crippen molar-refractivity contribution in [3.05, 3.63) is 62.8 Å². The molecule has 2 heterocycles. The van der Waals surface area contributed by atoms with Crippen LogP contribution in [0.2, 0.25) is 10.0 Å². The van der Waals surface area contributed by atoms with Crippen LogP contribution in [0.5, 0.6) is 0 Å². The molecule has 2 N–H and O–H groups in total. The van der Waals surface area contributed by atoms with Crippen molar-refractivity contribution in [1.82, 2.24) is 9.47 Å². The number of hydrogen-bond donors (Lipinski definition) is 1. The largest absolute Gasteiger partial charge is 0.469 e. The molecule has 0 radical (unpaired) electrons. The third kappa shape index (κ3) is 4.42. The van der Waals surface area contributed by atoms with Crippen LogP contribution in [-0.4, -0.2) is 41.5 Å². The summed E-state index contributed by atoms with van der Waals surface area (Å²) in [4.78, 5) is 26.8. The summed E-state index contributed by atoms with van der Waals surface area (Å²) in [5, 5.41) is 2.00. The minimum Gasteiger partial charge on any atom is -0.469 e. The van der Waals surface area contributed by atoms with Crippen molar-refractivity contribution in [2.75, 3.05) is 25.9 Å². The number of amides is 1. The van der Waals surface area contributed by atoms with E-state index in [9.17, 15) is 9.59 Å². The van der Waals surface area contributed by atoms with Gasteiger partial charge in [0.15, 0.2) is 0 Å². The minimum atomic E-state index is -0.221. The van der Waals surface area contributed by atoms with Crippen LogP contribution < -0.4 is 5.73 Å². The summed E-state index contributed by atoms with van der Waals surface area (Å²) < 4.78 is 6.91. The van der Waals surface area contributed by atoms with Gasteiger partial charge < -0.3 is 19.9 Å². The molecule has 1 fully saturated rings. The molecule has 1 aliphatic heterocycles. The molecule has 0 aliphatic carbocycles. The molecule has 1 saturated heterocycles. The molecule has 1 aliphatic rings. The maximum Gasteiger partial charge on any atom is 0.308 e. The molecule has 8 heteroatoms. The second kappa shape index (κ2) is 9.27. The Labute approximate surface area is 203 Å². The first kappa shape index (κ1) is 23.5. The summed E-state index contributed by atoms with van der Waals surface area (Å²) in [5.74, 6) is -0.540. The number of piperidine rings is 1. The molecule has 0 saturated carbocycles. The van der Waals surface area contributed by atoms with Crippen molar-refractivity contribution < 1.29 is 14.3 Å². The van der Waals surface area contributed by atoms with E-state index in [4.69, 9.17) is 33.7 Å². The van der Waals surface area contributed by atoms with Crippen LogP contribution >= 0.6 is 23.2 Å². The zero-order valence-electron chi connectivity index (χ0n) is 19.0. The number of nitrogens with zero attached hydrogens (tertiary/aromatic N) is 2. The Kier molecular flexibility index (Phi) is 6.59. The highest BCUT2D eigenvalue weighted by atomic mass is 35.5. The lowest BCUT2D eigenvalue weighted by Crippen LogP contribution is -2.40. The zero-order valence-corrected chi connectivity index (χ0v) is 20.5. The SMILES string of the molecule is COC(=O)C1CCN(C(=O)c2ccc(Cl)c(Cc3cc4c(C)cc(N)cc4n3C)c2Cl)CC1. The third-order valence-electron chi connectivity index (χ3n) is 6.58. The Morgan fingerprint density at radius 3 is 2.52 bits per heavy atom. The first-order valence-corrected chi connectivity index (χ1v) is 11.6. The molecule has 2 aromatic carbocycles. The Hall–Kier alpha value is -2.70. The van der Waals surface area contributed by atoms with E-state index >= 15 is 0 Å². The summed E-state index contributed by atoms with van der Waals surface area (Å²) in [5.41, 5.74) is 11.0. The van der Waals surface area contributed by atoms with Crippen molar-refractivity contribution in [3.8, 4) is 0 Å². The van der Waals surface area contributed by atoms with E-state index in [1.165, 1.54) is 7.11 Å². The zero-order chi connectivity index (χ0) is 23.9. The van der Waals surface area contributed by atoms with E-state index in [0.29, 0.717) is 59.2 Å². The Morgan fingerprint density at radius 2 is 1.85 bits per heavy atom. The number of halogens is 2. The topological polar surface area (TPSA) is 77.6 Å². The number of nitrogens with two attached hydrogens (primary N) is 1. The van der Waals surface area contributed by atoms with Gasteiger partial charge in [0.2, 0.25) is 0 Å². The summed E-state index contributed by atoms with van der Waals surface area (Å²) in [6.45, 7) is 3.00. The summed E-state index contributed by atoms with van der Waals surface area (Å²) in [7, 11) is 3.37. The fourth-order valence-electron chi connectivity index (χ4n) is 4.62. The fraction of sp³-hybridized carbons (Fsp3) is 0.360. The molecule has 1 amide bonds. The van der Waals surface area contributed by atoms with E-state index in [2.05, 4.69) is 10.6 Å². The van der Waals surface area contributed by atoms with Gasteiger partial charge in [0.25, 0.3) is 5.91 Å². The van der Waals surface area contributed by atoms with E-state index in [0.717, 1.165) is 22.2 Å². The van der Waals surface area contributed by atoms with Crippen LogP contribution in [0.3, 0.4) is 0 Å². The summed E-state index contributed by atoms with van der Waals surface area (Å²) >= 11 is 13.3. The number of hydrogen-bond acceptors (Lipinski definition) is 4. The first-order valence-electron chi connectivity index (χ1n) is 10.9. The van der Waals surface area contributed by atoms with Crippen LogP contribution in [0.15, 0.2) is 30.3 Å². The number of rotatable bonds is 4. The smallest absolute Gasteiger partial charge is 0.308 e. The molecule has 33 heavy (non-hydrogen) atoms. The molecule has 0 atom stereocenters. The summed E-state index contributed by atoms with van der Waals surface area (Å²) in [6, 6.07) is 9.42. The molecule has 174 valence electrons. The predicted octanol–water partition coefficient (Wildman–Crippen LogP) is 4.99. The third-order valence-corrected chi connectivity index (χ3v) is 7.37. The Balaban J connectivity index is 1.61. The van der Waals surface area contributed by atoms with E-state index in [1.807, 2.05) is 26.1 Å². The highest BCUT2D eigenvalue weighted by Gasteiger charge is 2.30. The molecular formula is C25H27Cl2N3O3. The number of carbonyl (C=O) groups excluding carboxylic acids is 2. The van der Waals surface area contributed by atoms with Crippen molar-refractivity contribution >= 4 is 51.7 Å². The van der Waals surface area contributed by atoms with Gasteiger partial charge in [-0.25, -0.2) is 0 Å². The van der Waals surface area contributed by atoms with Crippen molar-refractivity contribution in [3.63, 3.8) is 0 Å². The van der Waals surface area contributed by atoms with Crippen LogP contribution in [0.1, 0.15) is 40.0 Å². The Bertz CT molecular complexity index is 1240. The number of aryl methyl sites for hydroxylation is 2. The Morgan fingerprint density at radius 1 is 1.15 bits per heavy atom. The monoisotopic (exact) mass is 487 g/mol. The van der Waals surface area contributed by atoms with Gasteiger partial charge in [0.05, 0.1) is 29.1 Å². The van der Waals surface area contributed by atoms with Gasteiger partial charge in [-0.2, -0.15) is 0 Å². The number of fused-ring (bicyclic) bond motifs is 1. The number of likely N-dealkylation sites (tertiary alicyclic amines) is 1. The molecule has 0 unspecified atom stereocenters. The average molecular weight is 488 g/mol. The average Bonchev–Trinajstić information content (AvgIpc) is 3.11. The van der Waals surface area contributed by atoms with Crippen LogP contribution in [0, 0.1) is 12.8 Å². The number of nitrogen functional groups attached to an aromatic ring is 1. The maximum absolute atomic E-state index is 13.2. The summed E-state index contributed by atoms with van der Waals surface area (Å²) in [6.07, 6.45) is 1.64. The normalized spacial score (nSPS) is 14.6. The first-order chi connectivity index (χ1) is 15.7. The van der Waals surface area contributed by atoms with Gasteiger partial charge in [0, 0.05) is 48.3 Å². The van der Waals surface area contributed by atoms with Crippen LogP contribution in [0.4, 0.5) is 5.69 Å². The second-order valence-electron chi connectivity index (χ2n) is 8.62. The number of carbonyl (C=O) groups is 2. The number of anilines is 1. The van der Waals surface area contributed by atoms with Crippen LogP contribution in [-0.2, 0) is 23.0 Å². The number of methoxy groups -OCH3 is 1. The molecule has 3 aromatic rings. The lowest BCUT2D eigenvalue weighted by Gasteiger charge is -2.31. The molecule has 0 bridgehead atoms. The van der Waals surface area contributed by atoms with Crippen molar-refractivity contribution in [1.29, 1.82) is 0 Å². The maximum atomic E-state index is 13.2. The molecule has 4 rings (SSSR count). The number of esters is 1. The van der Waals surface area contributed by atoms with E-state index < -0.39 is 0 Å². The van der Waals surface area contributed by atoms with E-state index in [-0.39, 0.29) is 17.8 Å². The van der Waals surface area contributed by atoms with Gasteiger partial charge in [-0.15, -0.1) is 0 Å². The van der Waals surface area contributed by atoms with E-state index in [1.54, 1.807) is 17.0 Å². The lowest BCUT2D eigenvalue weighted by molar-refractivity contribution is -0.146. The minimum absolute atomic E-state index is 0.151. The van der Waals surface area contributed by atoms with Gasteiger partial charge >= 0.3 is 5.97 Å². The highest BCUT2D eigenvalue weighted by Crippen LogP contribution is 2.34. The highest BCUT2D eigenvalue weighted by molar-refractivity contribution is 6.38. The van der Waals surface area contributed by atoms with Gasteiger partial charge in [-0.05, 0) is 61.2 Å². The van der Waals surface area contributed by atoms with Crippen LogP contribution in [0.25, 0.3) is 10.9 Å². The van der Waals surface area contributed by atoms with Gasteiger partial charge in [-0.1, -0.05) is 23.2 Å². The lowest BCUT2D eigenvalue weighted by atomic mass is 9.96. The van der Waals surface area contributed by atoms with Crippen molar-refractivity contribution in [2.24, 2.45) is 13.0 Å². The molecular weight excluding hydrogens is 461 g/mol.